The monoisotopic (exact) mass is 582 g/mol. The number of rotatable bonds is 9. The van der Waals surface area contributed by atoms with Crippen molar-refractivity contribution in [2.24, 2.45) is 0 Å². The van der Waals surface area contributed by atoms with Gasteiger partial charge in [0.2, 0.25) is 0 Å². The Labute approximate surface area is 222 Å². The summed E-state index contributed by atoms with van der Waals surface area (Å²) < 4.78 is 12.6. The fourth-order valence-corrected chi connectivity index (χ4v) is 3.54. The summed E-state index contributed by atoms with van der Waals surface area (Å²) in [6, 6.07) is 1.76. The molecule has 0 radical (unpaired) electrons. The van der Waals surface area contributed by atoms with Gasteiger partial charge in [-0.2, -0.15) is 24.1 Å². The second-order valence-corrected chi connectivity index (χ2v) is 8.28. The van der Waals surface area contributed by atoms with E-state index in [0.717, 1.165) is 11.1 Å². The van der Waals surface area contributed by atoms with Crippen molar-refractivity contribution >= 4 is 47.2 Å². The number of aromatic nitrogens is 6. The van der Waals surface area contributed by atoms with Crippen molar-refractivity contribution in [3.8, 4) is 5.95 Å². The van der Waals surface area contributed by atoms with Gasteiger partial charge in [-0.05, 0) is 31.1 Å². The van der Waals surface area contributed by atoms with Crippen molar-refractivity contribution in [1.82, 2.24) is 29.3 Å². The van der Waals surface area contributed by atoms with Gasteiger partial charge in [0.05, 0.1) is 20.3 Å². The SMILES string of the molecule is C.C=C/C(=C\C(=C/C)CBr)Cn1c(=O)[nH]c2c(N)nc(-n3cccn3)nc21.C=[P+](OC)OCC.CC. The zero-order chi connectivity index (χ0) is 26.4. The topological polar surface area (TPSA) is 126 Å². The Bertz CT molecular complexity index is 1210. The summed E-state index contributed by atoms with van der Waals surface area (Å²) in [4.78, 5) is 23.8. The molecule has 0 spiro atoms. The molecule has 1 atom stereocenters. The molecular formula is C24H38BrN7O3P+. The van der Waals surface area contributed by atoms with Gasteiger partial charge in [-0.3, -0.25) is 4.57 Å². The molecule has 3 N–H and O–H groups in total. The Morgan fingerprint density at radius 3 is 2.50 bits per heavy atom. The van der Waals surface area contributed by atoms with E-state index in [9.17, 15) is 4.79 Å². The van der Waals surface area contributed by atoms with Crippen LogP contribution in [0.25, 0.3) is 17.1 Å². The standard InChI is InChI=1S/C17H18BrN7O.C4H10O2P.C2H6.CH4/c1-3-11(9-18)8-12(4-2)10-24-15-13(21-17(24)26)14(19)22-16(23-15)25-7-5-6-20-25;1-4-6-7(3)5-2;1-2;/h3-8H,2,9-10H2,1H3,(H,21,26)(H2,19,22,23);3-4H2,1-2H3;1-2H3;1H4/q;+1;;/b11-3+,12-8+;;;. The molecule has 0 aromatic carbocycles. The summed E-state index contributed by atoms with van der Waals surface area (Å²) in [5.41, 5.74) is 8.47. The summed E-state index contributed by atoms with van der Waals surface area (Å²) in [6.07, 6.45) is 12.6. The van der Waals surface area contributed by atoms with Crippen LogP contribution < -0.4 is 11.4 Å². The van der Waals surface area contributed by atoms with Crippen molar-refractivity contribution in [1.29, 1.82) is 0 Å². The molecule has 0 saturated carbocycles. The van der Waals surface area contributed by atoms with Crippen LogP contribution >= 0.6 is 23.9 Å². The van der Waals surface area contributed by atoms with Gasteiger partial charge in [0, 0.05) is 17.7 Å². The van der Waals surface area contributed by atoms with Crippen molar-refractivity contribution < 1.29 is 9.05 Å². The van der Waals surface area contributed by atoms with E-state index in [1.54, 1.807) is 31.6 Å². The van der Waals surface area contributed by atoms with Crippen LogP contribution in [0.5, 0.6) is 0 Å². The number of hydrogen-bond donors (Lipinski definition) is 2. The van der Waals surface area contributed by atoms with Crippen LogP contribution in [-0.2, 0) is 15.6 Å². The maximum absolute atomic E-state index is 12.4. The van der Waals surface area contributed by atoms with Gasteiger partial charge in [-0.15, -0.1) is 0 Å². The molecule has 3 aromatic rings. The van der Waals surface area contributed by atoms with Gasteiger partial charge in [0.15, 0.2) is 11.5 Å². The number of aromatic amines is 1. The number of imidazole rings is 1. The third kappa shape index (κ3) is 9.31. The minimum Gasteiger partial charge on any atom is -0.382 e. The van der Waals surface area contributed by atoms with Gasteiger partial charge in [0.1, 0.15) is 11.8 Å². The van der Waals surface area contributed by atoms with Crippen LogP contribution in [0, 0.1) is 0 Å². The molecule has 0 amide bonds. The first-order chi connectivity index (χ1) is 16.9. The van der Waals surface area contributed by atoms with Gasteiger partial charge < -0.3 is 10.7 Å². The van der Waals surface area contributed by atoms with Crippen LogP contribution in [0.4, 0.5) is 5.82 Å². The number of nitrogens with zero attached hydrogens (tertiary/aromatic N) is 5. The van der Waals surface area contributed by atoms with Crippen molar-refractivity contribution in [3.05, 3.63) is 64.9 Å². The van der Waals surface area contributed by atoms with Gasteiger partial charge in [-0.1, -0.05) is 62.0 Å². The maximum Gasteiger partial charge on any atom is 0.422 e. The first-order valence-corrected chi connectivity index (χ1v) is 13.4. The average molecular weight is 583 g/mol. The molecule has 0 bridgehead atoms. The third-order valence-electron chi connectivity index (χ3n) is 4.32. The molecule has 3 rings (SSSR count). The predicted molar refractivity (Wildman–Crippen MR) is 156 cm³/mol. The first kappa shape index (κ1) is 33.1. The normalized spacial score (nSPS) is 11.6. The molecule has 12 heteroatoms. The Morgan fingerprint density at radius 2 is 2.03 bits per heavy atom. The molecule has 0 fully saturated rings. The predicted octanol–water partition coefficient (Wildman–Crippen LogP) is 5.42. The van der Waals surface area contributed by atoms with E-state index >= 15 is 0 Å². The summed E-state index contributed by atoms with van der Waals surface area (Å²) in [7, 11) is 0.763. The van der Waals surface area contributed by atoms with Crippen molar-refractivity contribution in [3.63, 3.8) is 0 Å². The summed E-state index contributed by atoms with van der Waals surface area (Å²) in [5.74, 6) is 0.488. The number of nitrogens with two attached hydrogens (primary N) is 1. The van der Waals surface area contributed by atoms with E-state index in [-0.39, 0.29) is 18.9 Å². The zero-order valence-electron chi connectivity index (χ0n) is 20.9. The number of nitrogen functional groups attached to an aromatic ring is 1. The fourth-order valence-electron chi connectivity index (χ4n) is 2.66. The highest BCUT2D eigenvalue weighted by molar-refractivity contribution is 9.09. The number of nitrogens with one attached hydrogen (secondary N) is 1. The quantitative estimate of drug-likeness (QED) is 0.196. The Morgan fingerprint density at radius 1 is 1.33 bits per heavy atom. The molecule has 198 valence electrons. The highest BCUT2D eigenvalue weighted by Gasteiger charge is 2.15. The van der Waals surface area contributed by atoms with Gasteiger partial charge in [0.25, 0.3) is 5.95 Å². The molecule has 3 heterocycles. The molecule has 10 nitrogen and oxygen atoms in total. The first-order valence-electron chi connectivity index (χ1n) is 11.0. The van der Waals surface area contributed by atoms with Crippen LogP contribution in [-0.4, -0.2) is 54.6 Å². The molecular weight excluding hydrogens is 545 g/mol. The highest BCUT2D eigenvalue weighted by atomic mass is 79.9. The number of alkyl halides is 1. The lowest BCUT2D eigenvalue weighted by molar-refractivity contribution is 0.314. The Kier molecular flexibility index (Phi) is 16.2. The zero-order valence-corrected chi connectivity index (χ0v) is 23.3. The van der Waals surface area contributed by atoms with Crippen LogP contribution in [0.1, 0.15) is 35.1 Å². The second-order valence-electron chi connectivity index (χ2n) is 6.43. The fraction of sp³-hybridized carbons (Fsp3) is 0.375. The summed E-state index contributed by atoms with van der Waals surface area (Å²) in [6.45, 7) is 12.7. The Hall–Kier alpha value is -2.85. The summed E-state index contributed by atoms with van der Waals surface area (Å²) >= 11 is 3.44. The van der Waals surface area contributed by atoms with E-state index in [4.69, 9.17) is 14.8 Å². The van der Waals surface area contributed by atoms with E-state index in [0.29, 0.717) is 35.6 Å². The highest BCUT2D eigenvalue weighted by Crippen LogP contribution is 2.19. The Balaban J connectivity index is 0.00000106. The van der Waals surface area contributed by atoms with E-state index in [1.165, 1.54) is 9.25 Å². The van der Waals surface area contributed by atoms with Crippen LogP contribution in [0.3, 0.4) is 0 Å². The maximum atomic E-state index is 12.4. The molecule has 0 aliphatic carbocycles. The largest absolute Gasteiger partial charge is 0.422 e. The molecule has 1 unspecified atom stereocenters. The van der Waals surface area contributed by atoms with Gasteiger partial charge in [-0.25, -0.2) is 9.48 Å². The van der Waals surface area contributed by atoms with Crippen molar-refractivity contribution in [2.75, 3.05) is 24.8 Å². The second kappa shape index (κ2) is 17.6. The molecule has 0 saturated heterocycles. The van der Waals surface area contributed by atoms with E-state index in [2.05, 4.69) is 48.9 Å². The number of anilines is 1. The lowest BCUT2D eigenvalue weighted by Gasteiger charge is -2.07. The number of H-pyrrole nitrogens is 1. The average Bonchev–Trinajstić information content (AvgIpc) is 3.52. The number of allylic oxidation sites excluding steroid dienone is 5. The number of hydrogen-bond acceptors (Lipinski definition) is 7. The minimum atomic E-state index is -0.828. The number of fused-ring (bicyclic) bond motifs is 1. The van der Waals surface area contributed by atoms with Crippen LogP contribution in [0.15, 0.2) is 59.2 Å². The number of halogens is 1. The minimum absolute atomic E-state index is 0. The van der Waals surface area contributed by atoms with Gasteiger partial charge >= 0.3 is 13.7 Å². The third-order valence-corrected chi connectivity index (χ3v) is 5.92. The molecule has 0 aliphatic heterocycles. The summed E-state index contributed by atoms with van der Waals surface area (Å²) in [5, 5.41) is 4.82. The van der Waals surface area contributed by atoms with E-state index < -0.39 is 8.00 Å². The lowest BCUT2D eigenvalue weighted by atomic mass is 10.1. The van der Waals surface area contributed by atoms with Crippen molar-refractivity contribution in [2.45, 2.75) is 41.7 Å². The van der Waals surface area contributed by atoms with E-state index in [1.807, 2.05) is 39.8 Å². The molecule has 3 aromatic heterocycles. The molecule has 36 heavy (non-hydrogen) atoms. The lowest BCUT2D eigenvalue weighted by Crippen LogP contribution is -2.18. The smallest absolute Gasteiger partial charge is 0.382 e. The molecule has 0 aliphatic rings. The van der Waals surface area contributed by atoms with Crippen LogP contribution in [0.2, 0.25) is 0 Å².